The van der Waals surface area contributed by atoms with Gasteiger partial charge in [0, 0.05) is 0 Å². The Morgan fingerprint density at radius 3 is 2.41 bits per heavy atom. The molecule has 17 heavy (non-hydrogen) atoms. The van der Waals surface area contributed by atoms with Gasteiger partial charge in [0.15, 0.2) is 0 Å². The average Bonchev–Trinajstić information content (AvgIpc) is 2.13. The Labute approximate surface area is 108 Å². The molecule has 0 heterocycles. The van der Waals surface area contributed by atoms with E-state index in [-0.39, 0.29) is 0 Å². The molecule has 0 aromatic heterocycles. The quantitative estimate of drug-likeness (QED) is 0.453. The number of rotatable bonds is 1. The van der Waals surface area contributed by atoms with Gasteiger partial charge in [0.25, 0.3) is 0 Å². The Bertz CT molecular complexity index is 391. The van der Waals surface area contributed by atoms with Crippen LogP contribution in [0.4, 0.5) is 0 Å². The first kappa shape index (κ1) is 14.3. The van der Waals surface area contributed by atoms with E-state index in [0.29, 0.717) is 5.41 Å². The number of hydrogen-bond acceptors (Lipinski definition) is 0. The molecule has 0 N–H and O–H groups in total. The van der Waals surface area contributed by atoms with Crippen molar-refractivity contribution < 1.29 is 0 Å². The highest BCUT2D eigenvalue weighted by Gasteiger charge is 2.26. The van der Waals surface area contributed by atoms with Crippen molar-refractivity contribution >= 4 is 8.07 Å². The van der Waals surface area contributed by atoms with Gasteiger partial charge in [0.05, 0.1) is 0 Å². The molecule has 0 saturated heterocycles. The zero-order chi connectivity index (χ0) is 13.1. The van der Waals surface area contributed by atoms with E-state index in [1.165, 1.54) is 24.8 Å². The first-order valence-electron chi connectivity index (χ1n) is 6.62. The van der Waals surface area contributed by atoms with Gasteiger partial charge in [-0.2, -0.15) is 0 Å². The predicted octanol–water partition coefficient (Wildman–Crippen LogP) is 4.95. The van der Waals surface area contributed by atoms with Gasteiger partial charge < -0.3 is 0 Å². The lowest BCUT2D eigenvalue weighted by Gasteiger charge is -2.32. The second-order valence-corrected chi connectivity index (χ2v) is 11.5. The summed E-state index contributed by atoms with van der Waals surface area (Å²) < 4.78 is 0. The zero-order valence-electron chi connectivity index (χ0n) is 12.3. The number of allylic oxidation sites excluding steroid dienone is 4. The Morgan fingerprint density at radius 1 is 1.24 bits per heavy atom. The molecule has 0 nitrogen and oxygen atoms in total. The summed E-state index contributed by atoms with van der Waals surface area (Å²) >= 11 is 0. The Hall–Kier alpha value is -0.743. The van der Waals surface area contributed by atoms with Gasteiger partial charge in [-0.1, -0.05) is 51.1 Å². The van der Waals surface area contributed by atoms with Crippen molar-refractivity contribution in [2.45, 2.75) is 59.7 Å². The monoisotopic (exact) mass is 246 g/mol. The topological polar surface area (TPSA) is 0 Å². The summed E-state index contributed by atoms with van der Waals surface area (Å²) in [5.41, 5.74) is 6.77. The van der Waals surface area contributed by atoms with Gasteiger partial charge in [-0.05, 0) is 43.3 Å². The lowest BCUT2D eigenvalue weighted by molar-refractivity contribution is 0.377. The van der Waals surface area contributed by atoms with Crippen molar-refractivity contribution in [3.05, 3.63) is 23.3 Å². The lowest BCUT2D eigenvalue weighted by atomic mass is 9.73. The Kier molecular flexibility index (Phi) is 4.44. The molecule has 0 unspecified atom stereocenters. The van der Waals surface area contributed by atoms with Crippen LogP contribution in [0.3, 0.4) is 0 Å². The third-order valence-corrected chi connectivity index (χ3v) is 4.22. The molecule has 0 atom stereocenters. The molecule has 0 radical (unpaired) electrons. The summed E-state index contributed by atoms with van der Waals surface area (Å²) in [7, 11) is -1.23. The zero-order valence-corrected chi connectivity index (χ0v) is 13.3. The molecular weight excluding hydrogens is 220 g/mol. The SMILES string of the molecule is CC1=C(/C=C/C#C[Si](C)(C)C)C(C)(C)CCC1. The molecule has 0 saturated carbocycles. The van der Waals surface area contributed by atoms with E-state index >= 15 is 0 Å². The molecule has 0 aliphatic heterocycles. The van der Waals surface area contributed by atoms with Crippen LogP contribution in [-0.4, -0.2) is 8.07 Å². The van der Waals surface area contributed by atoms with E-state index in [1.54, 1.807) is 5.57 Å². The first-order chi connectivity index (χ1) is 7.72. The van der Waals surface area contributed by atoms with Gasteiger partial charge in [0.1, 0.15) is 8.07 Å². The molecule has 0 bridgehead atoms. The highest BCUT2D eigenvalue weighted by Crippen LogP contribution is 2.40. The summed E-state index contributed by atoms with van der Waals surface area (Å²) in [4.78, 5) is 0. The molecule has 1 heteroatoms. The highest BCUT2D eigenvalue weighted by atomic mass is 28.3. The van der Waals surface area contributed by atoms with Crippen LogP contribution in [0, 0.1) is 16.9 Å². The average molecular weight is 246 g/mol. The van der Waals surface area contributed by atoms with Crippen molar-refractivity contribution in [2.24, 2.45) is 5.41 Å². The van der Waals surface area contributed by atoms with Crippen LogP contribution in [0.1, 0.15) is 40.0 Å². The molecule has 0 aromatic rings. The maximum absolute atomic E-state index is 3.38. The summed E-state index contributed by atoms with van der Waals surface area (Å²) in [5.74, 6) is 3.23. The van der Waals surface area contributed by atoms with Gasteiger partial charge in [-0.15, -0.1) is 5.54 Å². The number of hydrogen-bond donors (Lipinski definition) is 0. The normalized spacial score (nSPS) is 20.4. The maximum Gasteiger partial charge on any atom is 0.129 e. The van der Waals surface area contributed by atoms with Crippen LogP contribution in [0.25, 0.3) is 0 Å². The fourth-order valence-electron chi connectivity index (χ4n) is 2.39. The summed E-state index contributed by atoms with van der Waals surface area (Å²) in [6, 6.07) is 0. The van der Waals surface area contributed by atoms with Crippen molar-refractivity contribution in [3.63, 3.8) is 0 Å². The van der Waals surface area contributed by atoms with Crippen LogP contribution >= 0.6 is 0 Å². The fraction of sp³-hybridized carbons (Fsp3) is 0.625. The van der Waals surface area contributed by atoms with Crippen LogP contribution in [0.5, 0.6) is 0 Å². The van der Waals surface area contributed by atoms with Gasteiger partial charge in [0.2, 0.25) is 0 Å². The Balaban J connectivity index is 2.85. The minimum absolute atomic E-state index is 0.333. The smallest absolute Gasteiger partial charge is 0.127 e. The van der Waals surface area contributed by atoms with Gasteiger partial charge in [-0.25, -0.2) is 0 Å². The van der Waals surface area contributed by atoms with Crippen molar-refractivity contribution in [1.82, 2.24) is 0 Å². The molecule has 0 fully saturated rings. The largest absolute Gasteiger partial charge is 0.129 e. The second kappa shape index (κ2) is 5.27. The summed E-state index contributed by atoms with van der Waals surface area (Å²) in [6.45, 7) is 13.8. The molecule has 1 aliphatic rings. The van der Waals surface area contributed by atoms with Crippen LogP contribution in [-0.2, 0) is 0 Å². The fourth-order valence-corrected chi connectivity index (χ4v) is 2.91. The third-order valence-electron chi connectivity index (χ3n) is 3.32. The van der Waals surface area contributed by atoms with E-state index in [2.05, 4.69) is 64.0 Å². The van der Waals surface area contributed by atoms with Crippen LogP contribution < -0.4 is 0 Å². The maximum atomic E-state index is 3.38. The lowest BCUT2D eigenvalue weighted by Crippen LogP contribution is -2.19. The van der Waals surface area contributed by atoms with Crippen molar-refractivity contribution in [2.75, 3.05) is 0 Å². The standard InChI is InChI=1S/C16H26Si/c1-14-10-9-12-16(2,3)15(14)11-7-8-13-17(4,5)6/h7,11H,9-10,12H2,1-6H3/b11-7+. The minimum Gasteiger partial charge on any atom is -0.127 e. The van der Waals surface area contributed by atoms with E-state index in [9.17, 15) is 0 Å². The molecule has 0 aromatic carbocycles. The molecule has 94 valence electrons. The molecule has 1 aliphatic carbocycles. The summed E-state index contributed by atoms with van der Waals surface area (Å²) in [6.07, 6.45) is 8.19. The van der Waals surface area contributed by atoms with Gasteiger partial charge in [-0.3, -0.25) is 0 Å². The molecule has 0 spiro atoms. The minimum atomic E-state index is -1.23. The van der Waals surface area contributed by atoms with Gasteiger partial charge >= 0.3 is 0 Å². The molecule has 0 amide bonds. The highest BCUT2D eigenvalue weighted by molar-refractivity contribution is 6.83. The predicted molar refractivity (Wildman–Crippen MR) is 80.6 cm³/mol. The van der Waals surface area contributed by atoms with E-state index in [4.69, 9.17) is 0 Å². The van der Waals surface area contributed by atoms with Crippen molar-refractivity contribution in [1.29, 1.82) is 0 Å². The molecular formula is C16H26Si. The van der Waals surface area contributed by atoms with E-state index in [1.807, 2.05) is 0 Å². The van der Waals surface area contributed by atoms with E-state index in [0.717, 1.165) is 0 Å². The molecule has 1 rings (SSSR count). The summed E-state index contributed by atoms with van der Waals surface area (Å²) in [5, 5.41) is 0. The van der Waals surface area contributed by atoms with Crippen LogP contribution in [0.15, 0.2) is 23.3 Å². The van der Waals surface area contributed by atoms with Crippen molar-refractivity contribution in [3.8, 4) is 11.5 Å². The third kappa shape index (κ3) is 4.56. The Morgan fingerprint density at radius 2 is 1.88 bits per heavy atom. The first-order valence-corrected chi connectivity index (χ1v) is 10.1. The second-order valence-electron chi connectivity index (χ2n) is 6.78. The van der Waals surface area contributed by atoms with E-state index < -0.39 is 8.07 Å². The van der Waals surface area contributed by atoms with Crippen LogP contribution in [0.2, 0.25) is 19.6 Å².